The lowest BCUT2D eigenvalue weighted by Gasteiger charge is -2.15. The Morgan fingerprint density at radius 1 is 1.24 bits per heavy atom. The highest BCUT2D eigenvalue weighted by Gasteiger charge is 2.09. The summed E-state index contributed by atoms with van der Waals surface area (Å²) in [5, 5.41) is 0. The fraction of sp³-hybridized carbons (Fsp3) is 0.571. The Hall–Kier alpha value is -1.22. The van der Waals surface area contributed by atoms with Gasteiger partial charge in [-0.15, -0.1) is 0 Å². The van der Waals surface area contributed by atoms with Crippen LogP contribution >= 0.6 is 0 Å². The summed E-state index contributed by atoms with van der Waals surface area (Å²) in [7, 11) is 1.65. The largest absolute Gasteiger partial charge is 0.497 e. The Kier molecular flexibility index (Phi) is 5.29. The van der Waals surface area contributed by atoms with Crippen molar-refractivity contribution in [2.45, 2.75) is 33.2 Å². The van der Waals surface area contributed by atoms with Crippen molar-refractivity contribution in [3.8, 4) is 11.5 Å². The Bertz CT molecular complexity index is 348. The van der Waals surface area contributed by atoms with Crippen LogP contribution in [0.1, 0.15) is 38.8 Å². The number of hydrogen-bond donors (Lipinski definition) is 1. The number of ether oxygens (including phenoxy) is 2. The van der Waals surface area contributed by atoms with E-state index in [4.69, 9.17) is 15.2 Å². The van der Waals surface area contributed by atoms with E-state index >= 15 is 0 Å². The lowest BCUT2D eigenvalue weighted by atomic mass is 10.1. The third-order valence-corrected chi connectivity index (χ3v) is 2.66. The van der Waals surface area contributed by atoms with Gasteiger partial charge in [-0.1, -0.05) is 19.9 Å². The molecule has 0 heterocycles. The van der Waals surface area contributed by atoms with Crippen molar-refractivity contribution in [3.05, 3.63) is 23.8 Å². The standard InChI is InChI=1S/C14H23NO2/c1-10(2)7-8-17-14-9-12(16-4)5-6-13(14)11(3)15/h5-6,9-11H,7-8,15H2,1-4H3. The quantitative estimate of drug-likeness (QED) is 0.826. The molecule has 0 fully saturated rings. The summed E-state index contributed by atoms with van der Waals surface area (Å²) in [5.74, 6) is 2.27. The normalized spacial score (nSPS) is 12.6. The fourth-order valence-electron chi connectivity index (χ4n) is 1.55. The molecule has 0 radical (unpaired) electrons. The Morgan fingerprint density at radius 3 is 2.47 bits per heavy atom. The van der Waals surface area contributed by atoms with Gasteiger partial charge in [-0.25, -0.2) is 0 Å². The molecule has 0 aliphatic heterocycles. The second-order valence-corrected chi connectivity index (χ2v) is 4.72. The SMILES string of the molecule is COc1ccc(C(C)N)c(OCCC(C)C)c1. The molecule has 2 N–H and O–H groups in total. The van der Waals surface area contributed by atoms with Crippen LogP contribution in [-0.2, 0) is 0 Å². The summed E-state index contributed by atoms with van der Waals surface area (Å²) in [6, 6.07) is 5.75. The highest BCUT2D eigenvalue weighted by Crippen LogP contribution is 2.28. The van der Waals surface area contributed by atoms with Crippen LogP contribution in [-0.4, -0.2) is 13.7 Å². The van der Waals surface area contributed by atoms with Gasteiger partial charge in [0.05, 0.1) is 13.7 Å². The first kappa shape index (κ1) is 13.8. The summed E-state index contributed by atoms with van der Waals surface area (Å²) < 4.78 is 11.0. The Morgan fingerprint density at radius 2 is 1.94 bits per heavy atom. The summed E-state index contributed by atoms with van der Waals surface area (Å²) in [4.78, 5) is 0. The first-order chi connectivity index (χ1) is 8.04. The van der Waals surface area contributed by atoms with E-state index in [-0.39, 0.29) is 6.04 Å². The highest BCUT2D eigenvalue weighted by atomic mass is 16.5. The van der Waals surface area contributed by atoms with Crippen LogP contribution in [0.4, 0.5) is 0 Å². The maximum absolute atomic E-state index is 5.92. The van der Waals surface area contributed by atoms with Crippen LogP contribution < -0.4 is 15.2 Å². The zero-order valence-electron chi connectivity index (χ0n) is 11.2. The van der Waals surface area contributed by atoms with Gasteiger partial charge in [0.2, 0.25) is 0 Å². The molecule has 0 saturated heterocycles. The van der Waals surface area contributed by atoms with Gasteiger partial charge in [-0.3, -0.25) is 0 Å². The van der Waals surface area contributed by atoms with E-state index in [2.05, 4.69) is 13.8 Å². The van der Waals surface area contributed by atoms with Gasteiger partial charge in [0.25, 0.3) is 0 Å². The molecular weight excluding hydrogens is 214 g/mol. The predicted molar refractivity (Wildman–Crippen MR) is 70.5 cm³/mol. The predicted octanol–water partition coefficient (Wildman–Crippen LogP) is 3.14. The van der Waals surface area contributed by atoms with Crippen molar-refractivity contribution in [2.75, 3.05) is 13.7 Å². The van der Waals surface area contributed by atoms with E-state index in [0.29, 0.717) is 12.5 Å². The molecular formula is C14H23NO2. The molecule has 1 unspecified atom stereocenters. The molecule has 0 aromatic heterocycles. The number of hydrogen-bond acceptors (Lipinski definition) is 3. The number of benzene rings is 1. The van der Waals surface area contributed by atoms with E-state index in [1.165, 1.54) is 0 Å². The smallest absolute Gasteiger partial charge is 0.127 e. The Balaban J connectivity index is 2.78. The van der Waals surface area contributed by atoms with Gasteiger partial charge >= 0.3 is 0 Å². The summed E-state index contributed by atoms with van der Waals surface area (Å²) in [6.45, 7) is 7.03. The molecule has 96 valence electrons. The van der Waals surface area contributed by atoms with Crippen LogP contribution in [0.15, 0.2) is 18.2 Å². The molecule has 0 aliphatic carbocycles. The van der Waals surface area contributed by atoms with Gasteiger partial charge < -0.3 is 15.2 Å². The van der Waals surface area contributed by atoms with Crippen molar-refractivity contribution < 1.29 is 9.47 Å². The number of nitrogens with two attached hydrogens (primary N) is 1. The van der Waals surface area contributed by atoms with Gasteiger partial charge in [0, 0.05) is 17.7 Å². The average molecular weight is 237 g/mol. The molecule has 1 aromatic carbocycles. The molecule has 3 heteroatoms. The molecule has 1 atom stereocenters. The van der Waals surface area contributed by atoms with Gasteiger partial charge in [0.15, 0.2) is 0 Å². The molecule has 0 aliphatic rings. The van der Waals surface area contributed by atoms with Gasteiger partial charge in [0.1, 0.15) is 11.5 Å². The third-order valence-electron chi connectivity index (χ3n) is 2.66. The molecule has 0 amide bonds. The van der Waals surface area contributed by atoms with Crippen molar-refractivity contribution in [2.24, 2.45) is 11.7 Å². The van der Waals surface area contributed by atoms with Gasteiger partial charge in [-0.05, 0) is 25.3 Å². The topological polar surface area (TPSA) is 44.5 Å². The van der Waals surface area contributed by atoms with Crippen LogP contribution in [0.5, 0.6) is 11.5 Å². The summed E-state index contributed by atoms with van der Waals surface area (Å²) in [5.41, 5.74) is 6.94. The maximum Gasteiger partial charge on any atom is 0.127 e. The molecule has 1 aromatic rings. The minimum absolute atomic E-state index is 0.0324. The van der Waals surface area contributed by atoms with E-state index in [1.807, 2.05) is 25.1 Å². The first-order valence-corrected chi connectivity index (χ1v) is 6.11. The lowest BCUT2D eigenvalue weighted by molar-refractivity contribution is 0.284. The molecule has 0 bridgehead atoms. The van der Waals surface area contributed by atoms with Crippen molar-refractivity contribution >= 4 is 0 Å². The van der Waals surface area contributed by atoms with Crippen molar-refractivity contribution in [1.29, 1.82) is 0 Å². The van der Waals surface area contributed by atoms with Crippen molar-refractivity contribution in [1.82, 2.24) is 0 Å². The minimum atomic E-state index is -0.0324. The van der Waals surface area contributed by atoms with E-state index < -0.39 is 0 Å². The van der Waals surface area contributed by atoms with E-state index in [0.717, 1.165) is 23.5 Å². The van der Waals surface area contributed by atoms with Gasteiger partial charge in [-0.2, -0.15) is 0 Å². The second kappa shape index (κ2) is 6.50. The second-order valence-electron chi connectivity index (χ2n) is 4.72. The molecule has 0 spiro atoms. The van der Waals surface area contributed by atoms with E-state index in [1.54, 1.807) is 7.11 Å². The zero-order valence-corrected chi connectivity index (χ0v) is 11.2. The Labute approximate surface area is 104 Å². The average Bonchev–Trinajstić information content (AvgIpc) is 2.28. The first-order valence-electron chi connectivity index (χ1n) is 6.11. The maximum atomic E-state index is 5.92. The molecule has 0 saturated carbocycles. The number of methoxy groups -OCH3 is 1. The third kappa shape index (κ3) is 4.27. The summed E-state index contributed by atoms with van der Waals surface area (Å²) in [6.07, 6.45) is 1.04. The highest BCUT2D eigenvalue weighted by molar-refractivity contribution is 5.42. The monoisotopic (exact) mass is 237 g/mol. The van der Waals surface area contributed by atoms with Crippen LogP contribution in [0.25, 0.3) is 0 Å². The lowest BCUT2D eigenvalue weighted by Crippen LogP contribution is -2.09. The van der Waals surface area contributed by atoms with E-state index in [9.17, 15) is 0 Å². The van der Waals surface area contributed by atoms with Crippen LogP contribution in [0.2, 0.25) is 0 Å². The number of rotatable bonds is 6. The van der Waals surface area contributed by atoms with Crippen LogP contribution in [0, 0.1) is 5.92 Å². The molecule has 1 rings (SSSR count). The molecule has 3 nitrogen and oxygen atoms in total. The van der Waals surface area contributed by atoms with Crippen molar-refractivity contribution in [3.63, 3.8) is 0 Å². The fourth-order valence-corrected chi connectivity index (χ4v) is 1.55. The zero-order chi connectivity index (χ0) is 12.8. The minimum Gasteiger partial charge on any atom is -0.497 e. The summed E-state index contributed by atoms with van der Waals surface area (Å²) >= 11 is 0. The van der Waals surface area contributed by atoms with Crippen LogP contribution in [0.3, 0.4) is 0 Å². The molecule has 17 heavy (non-hydrogen) atoms.